The van der Waals surface area contributed by atoms with Crippen LogP contribution >= 0.6 is 11.8 Å². The fourth-order valence-corrected chi connectivity index (χ4v) is 4.51. The zero-order chi connectivity index (χ0) is 21.3. The Labute approximate surface area is 172 Å². The van der Waals surface area contributed by atoms with Crippen molar-refractivity contribution in [3.05, 3.63) is 51.8 Å². The molecule has 29 heavy (non-hydrogen) atoms. The summed E-state index contributed by atoms with van der Waals surface area (Å²) in [5.41, 5.74) is 6.96. The number of aromatic hydroxyl groups is 1. The van der Waals surface area contributed by atoms with E-state index in [1.807, 2.05) is 0 Å². The van der Waals surface area contributed by atoms with E-state index in [9.17, 15) is 19.5 Å². The molecule has 1 fully saturated rings. The topological polar surface area (TPSA) is 119 Å². The van der Waals surface area contributed by atoms with Gasteiger partial charge in [-0.05, 0) is 38.5 Å². The van der Waals surface area contributed by atoms with E-state index in [1.54, 1.807) is 32.9 Å². The SMILES string of the molecule is CCOC(=O)C1=C(N)N2C(=O)[C@H](C)SC2=C(C(=O)OCC)[C@@H]1c1ccc(O)cc1. The molecule has 2 aliphatic heterocycles. The van der Waals surface area contributed by atoms with Crippen LogP contribution in [0.2, 0.25) is 0 Å². The molecule has 1 aromatic rings. The van der Waals surface area contributed by atoms with Crippen LogP contribution in [0.15, 0.2) is 46.3 Å². The number of carbonyl (C=O) groups is 3. The van der Waals surface area contributed by atoms with Crippen molar-refractivity contribution >= 4 is 29.6 Å². The van der Waals surface area contributed by atoms with Gasteiger partial charge in [-0.25, -0.2) is 9.59 Å². The normalized spacial score (nSPS) is 21.3. The number of esters is 2. The van der Waals surface area contributed by atoms with Crippen molar-refractivity contribution in [2.45, 2.75) is 31.9 Å². The van der Waals surface area contributed by atoms with Crippen molar-refractivity contribution in [3.8, 4) is 5.75 Å². The summed E-state index contributed by atoms with van der Waals surface area (Å²) in [6.07, 6.45) is 0. The molecular formula is C20H22N2O6S. The number of nitrogens with two attached hydrogens (primary N) is 1. The second kappa shape index (κ2) is 8.20. The molecule has 1 aromatic carbocycles. The first-order valence-electron chi connectivity index (χ1n) is 9.19. The van der Waals surface area contributed by atoms with Crippen LogP contribution in [0.4, 0.5) is 0 Å². The van der Waals surface area contributed by atoms with E-state index in [4.69, 9.17) is 15.2 Å². The molecule has 2 atom stereocenters. The number of hydrogen-bond acceptors (Lipinski definition) is 8. The van der Waals surface area contributed by atoms with Crippen molar-refractivity contribution in [1.82, 2.24) is 4.90 Å². The highest BCUT2D eigenvalue weighted by atomic mass is 32.2. The minimum atomic E-state index is -0.898. The average Bonchev–Trinajstić information content (AvgIpc) is 2.97. The van der Waals surface area contributed by atoms with Crippen molar-refractivity contribution in [2.75, 3.05) is 13.2 Å². The lowest BCUT2D eigenvalue weighted by Crippen LogP contribution is -2.40. The predicted molar refractivity (Wildman–Crippen MR) is 106 cm³/mol. The standard InChI is InChI=1S/C20H22N2O6S/c1-4-27-19(25)14-13(11-6-8-12(23)9-7-11)15(20(26)28-5-2)18-22(16(14)21)17(24)10(3)29-18/h6-10,13,23H,4-5,21H2,1-3H3/t10-,13+/m0/s1. The van der Waals surface area contributed by atoms with Gasteiger partial charge in [0, 0.05) is 0 Å². The van der Waals surface area contributed by atoms with E-state index in [0.717, 1.165) is 0 Å². The number of nitrogens with zero attached hydrogens (tertiary/aromatic N) is 1. The Morgan fingerprint density at radius 2 is 1.66 bits per heavy atom. The molecule has 154 valence electrons. The molecule has 0 bridgehead atoms. The van der Waals surface area contributed by atoms with Gasteiger partial charge in [-0.3, -0.25) is 9.69 Å². The maximum absolute atomic E-state index is 12.9. The number of ether oxygens (including phenoxy) is 2. The van der Waals surface area contributed by atoms with Crippen LogP contribution < -0.4 is 5.73 Å². The van der Waals surface area contributed by atoms with Gasteiger partial charge in [0.25, 0.3) is 0 Å². The third kappa shape index (κ3) is 3.57. The molecule has 2 aliphatic rings. The average molecular weight is 418 g/mol. The molecule has 2 heterocycles. The number of rotatable bonds is 5. The highest BCUT2D eigenvalue weighted by molar-refractivity contribution is 8.04. The first kappa shape index (κ1) is 20.8. The molecule has 3 N–H and O–H groups in total. The monoisotopic (exact) mass is 418 g/mol. The number of thioether (sulfide) groups is 1. The van der Waals surface area contributed by atoms with Crippen molar-refractivity contribution in [2.24, 2.45) is 5.73 Å². The number of phenolic OH excluding ortho intramolecular Hbond substituents is 1. The summed E-state index contributed by atoms with van der Waals surface area (Å²) in [4.78, 5) is 39.7. The van der Waals surface area contributed by atoms with Gasteiger partial charge in [-0.2, -0.15) is 0 Å². The summed E-state index contributed by atoms with van der Waals surface area (Å²) < 4.78 is 10.4. The molecule has 1 amide bonds. The Bertz CT molecular complexity index is 921. The Balaban J connectivity index is 2.28. The van der Waals surface area contributed by atoms with Crippen LogP contribution in [-0.4, -0.2) is 46.3 Å². The second-order valence-corrected chi connectivity index (χ2v) is 7.75. The van der Waals surface area contributed by atoms with Crippen molar-refractivity contribution < 1.29 is 29.0 Å². The number of hydrogen-bond donors (Lipinski definition) is 2. The van der Waals surface area contributed by atoms with Crippen LogP contribution in [0.5, 0.6) is 5.75 Å². The first-order chi connectivity index (χ1) is 13.8. The fourth-order valence-electron chi connectivity index (χ4n) is 3.35. The minimum Gasteiger partial charge on any atom is -0.508 e. The highest BCUT2D eigenvalue weighted by Crippen LogP contribution is 2.49. The third-order valence-corrected chi connectivity index (χ3v) is 5.78. The molecule has 8 nitrogen and oxygen atoms in total. The molecular weight excluding hydrogens is 396 g/mol. The van der Waals surface area contributed by atoms with E-state index in [2.05, 4.69) is 0 Å². The van der Waals surface area contributed by atoms with Crippen LogP contribution in [0, 0.1) is 0 Å². The van der Waals surface area contributed by atoms with E-state index < -0.39 is 23.1 Å². The smallest absolute Gasteiger partial charge is 0.338 e. The van der Waals surface area contributed by atoms with Gasteiger partial charge < -0.3 is 20.3 Å². The summed E-state index contributed by atoms with van der Waals surface area (Å²) >= 11 is 1.19. The number of carbonyl (C=O) groups excluding carboxylic acids is 3. The van der Waals surface area contributed by atoms with E-state index in [1.165, 1.54) is 28.8 Å². The van der Waals surface area contributed by atoms with Crippen molar-refractivity contribution in [1.29, 1.82) is 0 Å². The molecule has 0 spiro atoms. The number of benzene rings is 1. The third-order valence-electron chi connectivity index (χ3n) is 4.60. The summed E-state index contributed by atoms with van der Waals surface area (Å²) in [5.74, 6) is -2.62. The largest absolute Gasteiger partial charge is 0.508 e. The lowest BCUT2D eigenvalue weighted by molar-refractivity contribution is -0.139. The van der Waals surface area contributed by atoms with Crippen LogP contribution in [0.3, 0.4) is 0 Å². The minimum absolute atomic E-state index is 0.00704. The highest BCUT2D eigenvalue weighted by Gasteiger charge is 2.49. The molecule has 0 unspecified atom stereocenters. The Morgan fingerprint density at radius 3 is 2.21 bits per heavy atom. The van der Waals surface area contributed by atoms with Gasteiger partial charge in [0.1, 0.15) is 11.6 Å². The molecule has 0 saturated carbocycles. The molecule has 9 heteroatoms. The first-order valence-corrected chi connectivity index (χ1v) is 10.1. The zero-order valence-electron chi connectivity index (χ0n) is 16.3. The van der Waals surface area contributed by atoms with Gasteiger partial charge in [-0.15, -0.1) is 0 Å². The lowest BCUT2D eigenvalue weighted by Gasteiger charge is -2.33. The van der Waals surface area contributed by atoms with Crippen LogP contribution in [0.1, 0.15) is 32.3 Å². The quantitative estimate of drug-likeness (QED) is 0.697. The summed E-state index contributed by atoms with van der Waals surface area (Å²) in [6.45, 7) is 5.25. The Morgan fingerprint density at radius 1 is 1.10 bits per heavy atom. The summed E-state index contributed by atoms with van der Waals surface area (Å²) in [7, 11) is 0. The van der Waals surface area contributed by atoms with Gasteiger partial charge in [0.15, 0.2) is 0 Å². The number of amides is 1. The zero-order valence-corrected chi connectivity index (χ0v) is 17.1. The molecule has 1 saturated heterocycles. The second-order valence-electron chi connectivity index (χ2n) is 6.42. The number of fused-ring (bicyclic) bond motifs is 1. The number of phenols is 1. The lowest BCUT2D eigenvalue weighted by atomic mass is 9.82. The van der Waals surface area contributed by atoms with Gasteiger partial charge in [0.2, 0.25) is 5.91 Å². The molecule has 0 radical (unpaired) electrons. The maximum Gasteiger partial charge on any atom is 0.338 e. The van der Waals surface area contributed by atoms with Crippen LogP contribution in [-0.2, 0) is 23.9 Å². The van der Waals surface area contributed by atoms with Gasteiger partial charge >= 0.3 is 11.9 Å². The van der Waals surface area contributed by atoms with Gasteiger partial charge in [-0.1, -0.05) is 23.9 Å². The van der Waals surface area contributed by atoms with E-state index >= 15 is 0 Å². The van der Waals surface area contributed by atoms with E-state index in [-0.39, 0.29) is 41.8 Å². The van der Waals surface area contributed by atoms with E-state index in [0.29, 0.717) is 10.6 Å². The molecule has 0 aliphatic carbocycles. The molecule has 0 aromatic heterocycles. The maximum atomic E-state index is 12.9. The van der Waals surface area contributed by atoms with Crippen LogP contribution in [0.25, 0.3) is 0 Å². The Kier molecular flexibility index (Phi) is 5.88. The van der Waals surface area contributed by atoms with Gasteiger partial charge in [0.05, 0.1) is 40.6 Å². The molecule has 3 rings (SSSR count). The Hall–Kier alpha value is -2.94. The summed E-state index contributed by atoms with van der Waals surface area (Å²) in [5, 5.41) is 9.53. The fraction of sp³-hybridized carbons (Fsp3) is 0.350. The summed E-state index contributed by atoms with van der Waals surface area (Å²) in [6, 6.07) is 6.08. The van der Waals surface area contributed by atoms with Crippen molar-refractivity contribution in [3.63, 3.8) is 0 Å². The predicted octanol–water partition coefficient (Wildman–Crippen LogP) is 1.96.